The van der Waals surface area contributed by atoms with Gasteiger partial charge in [0, 0.05) is 37.3 Å². The number of fused-ring (bicyclic) bond motifs is 2. The van der Waals surface area contributed by atoms with Crippen LogP contribution in [0.2, 0.25) is 0 Å². The van der Waals surface area contributed by atoms with Gasteiger partial charge < -0.3 is 10.1 Å². The molecule has 1 aliphatic heterocycles. The van der Waals surface area contributed by atoms with E-state index in [1.807, 2.05) is 38.1 Å². The Bertz CT molecular complexity index is 1390. The van der Waals surface area contributed by atoms with Gasteiger partial charge in [-0.2, -0.15) is 13.2 Å². The van der Waals surface area contributed by atoms with Crippen LogP contribution >= 0.6 is 0 Å². The topological polar surface area (TPSA) is 67.6 Å². The third-order valence-corrected chi connectivity index (χ3v) is 6.44. The molecular weight excluding hydrogens is 488 g/mol. The first kappa shape index (κ1) is 25.3. The number of likely N-dealkylation sites (tertiary alicyclic amines) is 1. The molecule has 0 bridgehead atoms. The zero-order chi connectivity index (χ0) is 26.2. The van der Waals surface area contributed by atoms with Gasteiger partial charge in [-0.3, -0.25) is 9.30 Å². The number of alkyl halides is 4. The zero-order valence-corrected chi connectivity index (χ0v) is 20.5. The predicted octanol–water partition coefficient (Wildman–Crippen LogP) is 4.97. The highest BCUT2D eigenvalue weighted by Crippen LogP contribution is 2.40. The van der Waals surface area contributed by atoms with Crippen molar-refractivity contribution in [3.8, 4) is 17.3 Å². The molecule has 2 atom stereocenters. The lowest BCUT2D eigenvalue weighted by molar-refractivity contribution is -0.184. The maximum Gasteiger partial charge on any atom is 0.408 e. The smallest absolute Gasteiger partial charge is 0.408 e. The van der Waals surface area contributed by atoms with Crippen molar-refractivity contribution in [2.24, 2.45) is 0 Å². The molecule has 5 rings (SSSR count). The number of hydrogen-bond donors (Lipinski definition) is 1. The molecule has 0 spiro atoms. The van der Waals surface area contributed by atoms with E-state index in [4.69, 9.17) is 9.72 Å². The van der Waals surface area contributed by atoms with Crippen LogP contribution in [0.1, 0.15) is 31.9 Å². The van der Waals surface area contributed by atoms with Crippen LogP contribution in [0.3, 0.4) is 0 Å². The summed E-state index contributed by atoms with van der Waals surface area (Å²) < 4.78 is 62.9. The average molecular weight is 517 g/mol. The standard InChI is InChI=1S/C26H28F4N6O/c1-16(2)37-21-5-3-4-17-6-8-20(32-23(17)21)25-34-33-22-9-7-18(14-36(22)25)24(26(28,29)30)35-13-10-19(15-35)31-12-11-27/h3-9,14,16,19,24,31H,10-13,15H2,1-2H3/t19-,24+/m0/s1. The van der Waals surface area contributed by atoms with Crippen LogP contribution in [0.25, 0.3) is 28.1 Å². The summed E-state index contributed by atoms with van der Waals surface area (Å²) in [6.45, 7) is 3.86. The Morgan fingerprint density at radius 1 is 1.11 bits per heavy atom. The van der Waals surface area contributed by atoms with Gasteiger partial charge in [-0.05, 0) is 44.0 Å². The molecule has 4 heterocycles. The molecule has 0 radical (unpaired) electrons. The van der Waals surface area contributed by atoms with Crippen molar-refractivity contribution in [2.75, 3.05) is 26.3 Å². The van der Waals surface area contributed by atoms with Crippen molar-refractivity contribution in [3.63, 3.8) is 0 Å². The number of ether oxygens (including phenoxy) is 1. The lowest BCUT2D eigenvalue weighted by Gasteiger charge is -2.30. The van der Waals surface area contributed by atoms with Crippen LogP contribution in [-0.4, -0.2) is 69.1 Å². The maximum absolute atomic E-state index is 14.3. The van der Waals surface area contributed by atoms with Gasteiger partial charge in [-0.15, -0.1) is 10.2 Å². The zero-order valence-electron chi connectivity index (χ0n) is 20.5. The fourth-order valence-electron chi connectivity index (χ4n) is 4.89. The second kappa shape index (κ2) is 10.2. The summed E-state index contributed by atoms with van der Waals surface area (Å²) in [5, 5.41) is 12.2. The van der Waals surface area contributed by atoms with Crippen LogP contribution in [-0.2, 0) is 0 Å². The average Bonchev–Trinajstić information content (AvgIpc) is 3.48. The Balaban J connectivity index is 1.53. The first-order valence-electron chi connectivity index (χ1n) is 12.3. The molecule has 7 nitrogen and oxygen atoms in total. The van der Waals surface area contributed by atoms with Crippen molar-refractivity contribution in [3.05, 3.63) is 54.2 Å². The fourth-order valence-corrected chi connectivity index (χ4v) is 4.89. The number of nitrogens with one attached hydrogen (secondary N) is 1. The van der Waals surface area contributed by atoms with Gasteiger partial charge >= 0.3 is 6.18 Å². The molecule has 0 aliphatic carbocycles. The van der Waals surface area contributed by atoms with E-state index in [9.17, 15) is 17.6 Å². The lowest BCUT2D eigenvalue weighted by atomic mass is 10.1. The number of hydrogen-bond acceptors (Lipinski definition) is 6. The monoisotopic (exact) mass is 516 g/mol. The van der Waals surface area contributed by atoms with Crippen molar-refractivity contribution in [1.82, 2.24) is 29.8 Å². The third-order valence-electron chi connectivity index (χ3n) is 6.44. The van der Waals surface area contributed by atoms with Gasteiger partial charge in [0.05, 0.1) is 6.10 Å². The summed E-state index contributed by atoms with van der Waals surface area (Å²) in [6.07, 6.45) is -2.59. The van der Waals surface area contributed by atoms with Crippen molar-refractivity contribution in [1.29, 1.82) is 0 Å². The summed E-state index contributed by atoms with van der Waals surface area (Å²) in [5.74, 6) is 0.953. The quantitative estimate of drug-likeness (QED) is 0.334. The Labute approximate surface area is 211 Å². The number of benzene rings is 1. The van der Waals surface area contributed by atoms with Crippen molar-refractivity contribution < 1.29 is 22.3 Å². The minimum atomic E-state index is -4.50. The van der Waals surface area contributed by atoms with Gasteiger partial charge in [0.1, 0.15) is 29.7 Å². The van der Waals surface area contributed by atoms with Gasteiger partial charge in [0.15, 0.2) is 11.5 Å². The Kier molecular flexibility index (Phi) is 7.00. The predicted molar refractivity (Wildman–Crippen MR) is 132 cm³/mol. The molecule has 1 fully saturated rings. The van der Waals surface area contributed by atoms with Crippen LogP contribution < -0.4 is 10.1 Å². The molecule has 0 saturated carbocycles. The van der Waals surface area contributed by atoms with Crippen LogP contribution in [0.5, 0.6) is 5.75 Å². The van der Waals surface area contributed by atoms with E-state index in [2.05, 4.69) is 15.5 Å². The minimum absolute atomic E-state index is 0.0517. The summed E-state index contributed by atoms with van der Waals surface area (Å²) in [6, 6.07) is 10.3. The molecule has 1 N–H and O–H groups in total. The van der Waals surface area contributed by atoms with Gasteiger partial charge in [-0.25, -0.2) is 9.37 Å². The molecule has 0 unspecified atom stereocenters. The van der Waals surface area contributed by atoms with Crippen molar-refractivity contribution in [2.45, 2.75) is 44.6 Å². The first-order valence-corrected chi connectivity index (χ1v) is 12.3. The molecule has 4 aromatic rings. The highest BCUT2D eigenvalue weighted by Gasteiger charge is 2.46. The van der Waals surface area contributed by atoms with Crippen LogP contribution in [0, 0.1) is 0 Å². The molecule has 1 aromatic carbocycles. The number of aromatic nitrogens is 4. The summed E-state index contributed by atoms with van der Waals surface area (Å²) >= 11 is 0. The molecule has 1 saturated heterocycles. The molecule has 37 heavy (non-hydrogen) atoms. The molecule has 1 aliphatic rings. The largest absolute Gasteiger partial charge is 0.489 e. The number of pyridine rings is 2. The van der Waals surface area contributed by atoms with Gasteiger partial charge in [0.2, 0.25) is 0 Å². The number of halogens is 4. The SMILES string of the molecule is CC(C)Oc1cccc2ccc(-c3nnc4ccc([C@@H](N5CC[C@H](NCCF)C5)C(F)(F)F)cn34)nc12. The summed E-state index contributed by atoms with van der Waals surface area (Å²) in [5.41, 5.74) is 1.60. The van der Waals surface area contributed by atoms with E-state index >= 15 is 0 Å². The lowest BCUT2D eigenvalue weighted by Crippen LogP contribution is -2.40. The fraction of sp³-hybridized carbons (Fsp3) is 0.423. The third kappa shape index (κ3) is 5.24. The second-order valence-electron chi connectivity index (χ2n) is 9.47. The number of nitrogens with zero attached hydrogens (tertiary/aromatic N) is 5. The normalized spacial score (nSPS) is 17.8. The van der Waals surface area contributed by atoms with E-state index < -0.39 is 18.9 Å². The van der Waals surface area contributed by atoms with Gasteiger partial charge in [0.25, 0.3) is 0 Å². The summed E-state index contributed by atoms with van der Waals surface area (Å²) in [7, 11) is 0. The van der Waals surface area contributed by atoms with E-state index in [0.717, 1.165) is 5.39 Å². The molecule has 0 amide bonds. The van der Waals surface area contributed by atoms with Crippen LogP contribution in [0.15, 0.2) is 48.7 Å². The number of rotatable bonds is 8. The molecule has 3 aromatic heterocycles. The highest BCUT2D eigenvalue weighted by atomic mass is 19.4. The second-order valence-corrected chi connectivity index (χ2v) is 9.47. The van der Waals surface area contributed by atoms with E-state index in [1.54, 1.807) is 10.5 Å². The minimum Gasteiger partial charge on any atom is -0.489 e. The molecular formula is C26H28F4N6O. The Hall–Kier alpha value is -3.31. The maximum atomic E-state index is 14.3. The molecule has 196 valence electrons. The first-order chi connectivity index (χ1) is 17.7. The molecule has 11 heteroatoms. The van der Waals surface area contributed by atoms with Crippen LogP contribution in [0.4, 0.5) is 17.6 Å². The summed E-state index contributed by atoms with van der Waals surface area (Å²) in [4.78, 5) is 6.13. The van der Waals surface area contributed by atoms with Crippen molar-refractivity contribution >= 4 is 16.6 Å². The van der Waals surface area contributed by atoms with E-state index in [0.29, 0.717) is 34.9 Å². The Morgan fingerprint density at radius 3 is 2.70 bits per heavy atom. The Morgan fingerprint density at radius 2 is 1.95 bits per heavy atom. The highest BCUT2D eigenvalue weighted by molar-refractivity contribution is 5.86. The van der Waals surface area contributed by atoms with E-state index in [1.165, 1.54) is 23.2 Å². The van der Waals surface area contributed by atoms with Gasteiger partial charge in [-0.1, -0.05) is 24.3 Å². The number of para-hydroxylation sites is 1. The van der Waals surface area contributed by atoms with E-state index in [-0.39, 0.29) is 37.3 Å².